The largest absolute Gasteiger partial charge is 0.496 e. The maximum absolute atomic E-state index is 13.4. The molecule has 0 amide bonds. The molecule has 0 fully saturated rings. The summed E-state index contributed by atoms with van der Waals surface area (Å²) in [6.45, 7) is 3.54. The number of rotatable bonds is 4. The fraction of sp³-hybridized carbons (Fsp3) is 0.318. The molecule has 7 nitrogen and oxygen atoms in total. The van der Waals surface area contributed by atoms with Crippen LogP contribution in [0.4, 0.5) is 19.0 Å². The van der Waals surface area contributed by atoms with E-state index in [0.29, 0.717) is 28.0 Å². The molecule has 168 valence electrons. The number of fused-ring (bicyclic) bond motifs is 2. The van der Waals surface area contributed by atoms with E-state index in [-0.39, 0.29) is 11.4 Å². The zero-order valence-corrected chi connectivity index (χ0v) is 18.2. The molecular weight excluding hydrogens is 423 g/mol. The van der Waals surface area contributed by atoms with Gasteiger partial charge in [-0.05, 0) is 32.0 Å². The quantitative estimate of drug-likeness (QED) is 0.506. The highest BCUT2D eigenvalue weighted by Gasteiger charge is 2.35. The maximum atomic E-state index is 13.4. The number of nitrogens with zero attached hydrogens (tertiary/aromatic N) is 4. The molecule has 10 heteroatoms. The van der Waals surface area contributed by atoms with Crippen LogP contribution in [0.25, 0.3) is 21.8 Å². The van der Waals surface area contributed by atoms with Gasteiger partial charge in [0.2, 0.25) is 0 Å². The Morgan fingerprint density at radius 2 is 1.69 bits per heavy atom. The normalized spacial score (nSPS) is 13.0. The molecule has 4 rings (SSSR count). The van der Waals surface area contributed by atoms with Gasteiger partial charge in [0.25, 0.3) is 0 Å². The van der Waals surface area contributed by atoms with Crippen LogP contribution in [0.15, 0.2) is 35.1 Å². The van der Waals surface area contributed by atoms with E-state index < -0.39 is 17.8 Å². The molecular formula is C22H22F3N5O2. The predicted molar refractivity (Wildman–Crippen MR) is 116 cm³/mol. The van der Waals surface area contributed by atoms with Gasteiger partial charge in [-0.1, -0.05) is 12.1 Å². The van der Waals surface area contributed by atoms with Crippen molar-refractivity contribution in [3.8, 4) is 5.75 Å². The van der Waals surface area contributed by atoms with Crippen molar-refractivity contribution in [1.29, 1.82) is 0 Å². The Kier molecular flexibility index (Phi) is 5.10. The Morgan fingerprint density at radius 3 is 2.28 bits per heavy atom. The zero-order chi connectivity index (χ0) is 23.4. The fourth-order valence-electron chi connectivity index (χ4n) is 4.01. The number of nitrogens with one attached hydrogen (secondary N) is 1. The van der Waals surface area contributed by atoms with E-state index in [1.165, 1.54) is 17.7 Å². The highest BCUT2D eigenvalue weighted by atomic mass is 19.4. The third kappa shape index (κ3) is 3.35. The van der Waals surface area contributed by atoms with Gasteiger partial charge in [0.15, 0.2) is 5.82 Å². The highest BCUT2D eigenvalue weighted by Crippen LogP contribution is 2.41. The molecule has 2 heterocycles. The van der Waals surface area contributed by atoms with E-state index in [0.717, 1.165) is 17.0 Å². The van der Waals surface area contributed by atoms with Gasteiger partial charge < -0.3 is 10.1 Å². The van der Waals surface area contributed by atoms with Crippen molar-refractivity contribution in [1.82, 2.24) is 19.3 Å². The molecule has 0 saturated heterocycles. The SMILES string of the molecule is COc1c([C@@H](C)Nc2nnc(C)c3cc4c(cc23)n(C)c(=O)n4C)cccc1C(F)(F)F. The van der Waals surface area contributed by atoms with Crippen molar-refractivity contribution in [3.63, 3.8) is 0 Å². The fourth-order valence-corrected chi connectivity index (χ4v) is 4.01. The van der Waals surface area contributed by atoms with Crippen molar-refractivity contribution >= 4 is 27.6 Å². The number of aryl methyl sites for hydroxylation is 3. The summed E-state index contributed by atoms with van der Waals surface area (Å²) in [7, 11) is 4.59. The molecule has 0 radical (unpaired) electrons. The van der Waals surface area contributed by atoms with Crippen LogP contribution in [0.3, 0.4) is 0 Å². The van der Waals surface area contributed by atoms with Crippen molar-refractivity contribution in [3.05, 3.63) is 57.6 Å². The summed E-state index contributed by atoms with van der Waals surface area (Å²) in [5.74, 6) is 0.160. The van der Waals surface area contributed by atoms with Crippen molar-refractivity contribution < 1.29 is 17.9 Å². The van der Waals surface area contributed by atoms with Crippen LogP contribution in [0.1, 0.15) is 29.8 Å². The van der Waals surface area contributed by atoms with Gasteiger partial charge in [-0.2, -0.15) is 18.3 Å². The van der Waals surface area contributed by atoms with E-state index in [2.05, 4.69) is 15.5 Å². The number of alkyl halides is 3. The average molecular weight is 445 g/mol. The van der Waals surface area contributed by atoms with Gasteiger partial charge >= 0.3 is 11.9 Å². The van der Waals surface area contributed by atoms with Crippen LogP contribution in [0, 0.1) is 6.92 Å². The molecule has 1 atom stereocenters. The molecule has 0 aliphatic heterocycles. The number of halogens is 3. The van der Waals surface area contributed by atoms with Crippen LogP contribution in [-0.2, 0) is 20.3 Å². The first-order valence-electron chi connectivity index (χ1n) is 9.87. The van der Waals surface area contributed by atoms with Gasteiger partial charge in [0, 0.05) is 30.4 Å². The minimum atomic E-state index is -4.54. The number of imidazole rings is 1. The summed E-state index contributed by atoms with van der Waals surface area (Å²) in [5.41, 5.74) is 1.47. The predicted octanol–water partition coefficient (Wildman–Crippen LogP) is 4.33. The number of methoxy groups -OCH3 is 1. The molecule has 0 aliphatic rings. The minimum absolute atomic E-state index is 0.162. The Bertz CT molecular complexity index is 1410. The minimum Gasteiger partial charge on any atom is -0.496 e. The number of ether oxygens (including phenoxy) is 1. The number of para-hydroxylation sites is 1. The summed E-state index contributed by atoms with van der Waals surface area (Å²) in [6.07, 6.45) is -4.54. The van der Waals surface area contributed by atoms with E-state index in [9.17, 15) is 18.0 Å². The lowest BCUT2D eigenvalue weighted by atomic mass is 10.0. The first-order chi connectivity index (χ1) is 15.0. The summed E-state index contributed by atoms with van der Waals surface area (Å²) in [5, 5.41) is 13.1. The molecule has 4 aromatic rings. The molecule has 1 N–H and O–H groups in total. The monoisotopic (exact) mass is 445 g/mol. The second-order valence-corrected chi connectivity index (χ2v) is 7.71. The number of benzene rings is 2. The molecule has 2 aromatic heterocycles. The average Bonchev–Trinajstić information content (AvgIpc) is 2.97. The smallest absolute Gasteiger partial charge is 0.419 e. The Hall–Kier alpha value is -3.56. The van der Waals surface area contributed by atoms with E-state index in [1.807, 2.05) is 19.1 Å². The van der Waals surface area contributed by atoms with Gasteiger partial charge in [-0.3, -0.25) is 9.13 Å². The molecule has 2 aromatic carbocycles. The van der Waals surface area contributed by atoms with Gasteiger partial charge in [-0.15, -0.1) is 5.10 Å². The molecule has 0 saturated carbocycles. The number of hydrogen-bond donors (Lipinski definition) is 1. The lowest BCUT2D eigenvalue weighted by Gasteiger charge is -2.21. The Labute approximate surface area is 181 Å². The lowest BCUT2D eigenvalue weighted by Crippen LogP contribution is -2.19. The van der Waals surface area contributed by atoms with Crippen LogP contribution in [0.2, 0.25) is 0 Å². The second kappa shape index (κ2) is 7.54. The number of hydrogen-bond acceptors (Lipinski definition) is 5. The number of aromatic nitrogens is 4. The van der Waals surface area contributed by atoms with E-state index >= 15 is 0 Å². The molecule has 0 aliphatic carbocycles. The van der Waals surface area contributed by atoms with Crippen LogP contribution in [0.5, 0.6) is 5.75 Å². The molecule has 0 spiro atoms. The van der Waals surface area contributed by atoms with Gasteiger partial charge in [-0.25, -0.2) is 4.79 Å². The van der Waals surface area contributed by atoms with Crippen molar-refractivity contribution in [2.24, 2.45) is 14.1 Å². The van der Waals surface area contributed by atoms with Gasteiger partial charge in [0.1, 0.15) is 5.75 Å². The van der Waals surface area contributed by atoms with Crippen LogP contribution < -0.4 is 15.7 Å². The summed E-state index contributed by atoms with van der Waals surface area (Å²) >= 11 is 0. The first-order valence-corrected chi connectivity index (χ1v) is 9.87. The van der Waals surface area contributed by atoms with Crippen LogP contribution >= 0.6 is 0 Å². The third-order valence-corrected chi connectivity index (χ3v) is 5.73. The molecule has 0 bridgehead atoms. The van der Waals surface area contributed by atoms with Crippen molar-refractivity contribution in [2.45, 2.75) is 26.1 Å². The maximum Gasteiger partial charge on any atom is 0.419 e. The summed E-state index contributed by atoms with van der Waals surface area (Å²) in [6, 6.07) is 7.06. The van der Waals surface area contributed by atoms with Gasteiger partial charge in [0.05, 0.1) is 35.4 Å². The third-order valence-electron chi connectivity index (χ3n) is 5.73. The van der Waals surface area contributed by atoms with E-state index in [4.69, 9.17) is 4.74 Å². The highest BCUT2D eigenvalue weighted by molar-refractivity contribution is 6.01. The summed E-state index contributed by atoms with van der Waals surface area (Å²) in [4.78, 5) is 12.4. The Balaban J connectivity index is 1.85. The topological polar surface area (TPSA) is 74.0 Å². The second-order valence-electron chi connectivity index (χ2n) is 7.71. The lowest BCUT2D eigenvalue weighted by molar-refractivity contribution is -0.138. The molecule has 0 unspecified atom stereocenters. The first kappa shape index (κ1) is 21.7. The van der Waals surface area contributed by atoms with E-state index in [1.54, 1.807) is 31.7 Å². The Morgan fingerprint density at radius 1 is 1.06 bits per heavy atom. The zero-order valence-electron chi connectivity index (χ0n) is 18.2. The summed E-state index contributed by atoms with van der Waals surface area (Å²) < 4.78 is 48.5. The standard InChI is InChI=1S/C22H22F3N5O2/c1-11(13-7-6-8-16(19(13)32-5)22(23,24)25)26-20-15-10-18-17(29(3)21(31)30(18)4)9-14(15)12(2)27-28-20/h6-11H,1-5H3,(H,26,28)/t11-/m1/s1. The van der Waals surface area contributed by atoms with Crippen molar-refractivity contribution in [2.75, 3.05) is 12.4 Å². The number of anilines is 1. The molecule has 32 heavy (non-hydrogen) atoms. The van der Waals surface area contributed by atoms with Crippen LogP contribution in [-0.4, -0.2) is 26.4 Å².